The molecule has 5 heteroatoms. The van der Waals surface area contributed by atoms with E-state index in [1.807, 2.05) is 0 Å². The molecule has 2 heterocycles. The van der Waals surface area contributed by atoms with Crippen molar-refractivity contribution in [1.29, 1.82) is 0 Å². The summed E-state index contributed by atoms with van der Waals surface area (Å²) in [5.74, 6) is 0.333. The third-order valence-corrected chi connectivity index (χ3v) is 3.81. The first-order chi connectivity index (χ1) is 8.02. The average Bonchev–Trinajstić information content (AvgIpc) is 2.85. The van der Waals surface area contributed by atoms with Crippen molar-refractivity contribution < 1.29 is 9.94 Å². The number of hydrogen-bond donors (Lipinski definition) is 2. The molecule has 5 nitrogen and oxygen atoms in total. The Hall–Kier alpha value is -0.810. The predicted octanol–water partition coefficient (Wildman–Crippen LogP) is 1.15. The van der Waals surface area contributed by atoms with Gasteiger partial charge in [0, 0.05) is 6.54 Å². The van der Waals surface area contributed by atoms with Crippen LogP contribution < -0.4 is 5.73 Å². The molecule has 2 unspecified atom stereocenters. The molecule has 98 valence electrons. The van der Waals surface area contributed by atoms with Crippen molar-refractivity contribution in [2.24, 2.45) is 10.9 Å². The second kappa shape index (κ2) is 4.82. The van der Waals surface area contributed by atoms with Gasteiger partial charge in [-0.2, -0.15) is 0 Å². The van der Waals surface area contributed by atoms with E-state index >= 15 is 0 Å². The van der Waals surface area contributed by atoms with Gasteiger partial charge in [0.05, 0.1) is 17.7 Å². The van der Waals surface area contributed by atoms with Crippen LogP contribution in [0.3, 0.4) is 0 Å². The monoisotopic (exact) mass is 241 g/mol. The van der Waals surface area contributed by atoms with Crippen LogP contribution in [0.15, 0.2) is 5.16 Å². The molecule has 0 radical (unpaired) electrons. The molecule has 3 N–H and O–H groups in total. The van der Waals surface area contributed by atoms with E-state index in [1.165, 1.54) is 0 Å². The second-order valence-corrected chi connectivity index (χ2v) is 5.72. The molecule has 2 aliphatic heterocycles. The van der Waals surface area contributed by atoms with Crippen LogP contribution in [-0.2, 0) is 4.74 Å². The molecule has 0 spiro atoms. The highest BCUT2D eigenvalue weighted by molar-refractivity contribution is 5.85. The molecule has 2 atom stereocenters. The van der Waals surface area contributed by atoms with E-state index < -0.39 is 0 Å². The molecule has 0 aromatic rings. The molecule has 0 aliphatic carbocycles. The molecule has 2 saturated heterocycles. The fourth-order valence-electron chi connectivity index (χ4n) is 2.91. The minimum Gasteiger partial charge on any atom is -0.409 e. The molecule has 0 bridgehead atoms. The zero-order valence-electron chi connectivity index (χ0n) is 10.7. The van der Waals surface area contributed by atoms with Gasteiger partial charge in [-0.05, 0) is 46.1 Å². The lowest BCUT2D eigenvalue weighted by Gasteiger charge is -2.27. The topological polar surface area (TPSA) is 71.1 Å². The highest BCUT2D eigenvalue weighted by Crippen LogP contribution is 2.31. The highest BCUT2D eigenvalue weighted by Gasteiger charge is 2.36. The van der Waals surface area contributed by atoms with Gasteiger partial charge in [-0.25, -0.2) is 0 Å². The minimum absolute atomic E-state index is 0.0104. The van der Waals surface area contributed by atoms with Gasteiger partial charge in [0.15, 0.2) is 5.84 Å². The number of nitrogens with two attached hydrogens (primary N) is 1. The molecular weight excluding hydrogens is 218 g/mol. The molecule has 0 aromatic carbocycles. The summed E-state index contributed by atoms with van der Waals surface area (Å²) in [5.41, 5.74) is 5.72. The normalized spacial score (nSPS) is 34.4. The van der Waals surface area contributed by atoms with Gasteiger partial charge in [-0.15, -0.1) is 0 Å². The summed E-state index contributed by atoms with van der Waals surface area (Å²) in [6, 6.07) is 0.0901. The quantitative estimate of drug-likeness (QED) is 0.336. The summed E-state index contributed by atoms with van der Waals surface area (Å²) >= 11 is 0. The van der Waals surface area contributed by atoms with Gasteiger partial charge in [0.25, 0.3) is 0 Å². The summed E-state index contributed by atoms with van der Waals surface area (Å²) < 4.78 is 5.99. The van der Waals surface area contributed by atoms with Crippen molar-refractivity contribution in [3.05, 3.63) is 0 Å². The Bertz CT molecular complexity index is 304. The number of oxime groups is 1. The lowest BCUT2D eigenvalue weighted by Crippen LogP contribution is -2.44. The van der Waals surface area contributed by atoms with E-state index in [1.54, 1.807) is 0 Å². The largest absolute Gasteiger partial charge is 0.409 e. The summed E-state index contributed by atoms with van der Waals surface area (Å²) in [4.78, 5) is 2.28. The molecule has 2 rings (SSSR count). The molecule has 0 aromatic heterocycles. The van der Waals surface area contributed by atoms with E-state index in [0.29, 0.717) is 5.84 Å². The van der Waals surface area contributed by atoms with Crippen LogP contribution in [0.4, 0.5) is 0 Å². The number of rotatable bonds is 3. The van der Waals surface area contributed by atoms with Gasteiger partial charge < -0.3 is 15.7 Å². The standard InChI is InChI=1S/C12H23N3O2/c1-12(2)6-5-9(17-12)8-15-7-3-4-10(15)11(13)14-16/h9-10,16H,3-8H2,1-2H3,(H2,13,14). The van der Waals surface area contributed by atoms with Crippen molar-refractivity contribution in [3.63, 3.8) is 0 Å². The third kappa shape index (κ3) is 2.90. The van der Waals surface area contributed by atoms with Crippen molar-refractivity contribution in [1.82, 2.24) is 4.90 Å². The van der Waals surface area contributed by atoms with E-state index in [0.717, 1.165) is 38.8 Å². The van der Waals surface area contributed by atoms with Crippen LogP contribution in [0.25, 0.3) is 0 Å². The zero-order chi connectivity index (χ0) is 12.5. The van der Waals surface area contributed by atoms with Crippen molar-refractivity contribution in [3.8, 4) is 0 Å². The Morgan fingerprint density at radius 2 is 2.29 bits per heavy atom. The molecule has 2 fully saturated rings. The van der Waals surface area contributed by atoms with Crippen molar-refractivity contribution in [2.45, 2.75) is 57.3 Å². The zero-order valence-corrected chi connectivity index (χ0v) is 10.7. The second-order valence-electron chi connectivity index (χ2n) is 5.72. The number of likely N-dealkylation sites (tertiary alicyclic amines) is 1. The molecule has 17 heavy (non-hydrogen) atoms. The van der Waals surface area contributed by atoms with Gasteiger partial charge in [-0.1, -0.05) is 5.16 Å². The number of nitrogens with zero attached hydrogens (tertiary/aromatic N) is 2. The lowest BCUT2D eigenvalue weighted by atomic mass is 10.1. The molecule has 0 saturated carbocycles. The Morgan fingerprint density at radius 1 is 1.53 bits per heavy atom. The van der Waals surface area contributed by atoms with Crippen LogP contribution >= 0.6 is 0 Å². The van der Waals surface area contributed by atoms with Gasteiger partial charge in [-0.3, -0.25) is 4.90 Å². The Balaban J connectivity index is 1.91. The van der Waals surface area contributed by atoms with E-state index in [2.05, 4.69) is 23.9 Å². The van der Waals surface area contributed by atoms with Crippen LogP contribution in [0, 0.1) is 0 Å². The molecule has 0 amide bonds. The van der Waals surface area contributed by atoms with Crippen LogP contribution in [0.1, 0.15) is 39.5 Å². The third-order valence-electron chi connectivity index (χ3n) is 3.81. The first-order valence-electron chi connectivity index (χ1n) is 6.41. The number of amidine groups is 1. The molecular formula is C12H23N3O2. The van der Waals surface area contributed by atoms with Gasteiger partial charge >= 0.3 is 0 Å². The fourth-order valence-corrected chi connectivity index (χ4v) is 2.91. The first kappa shape index (κ1) is 12.6. The van der Waals surface area contributed by atoms with Crippen molar-refractivity contribution >= 4 is 5.84 Å². The van der Waals surface area contributed by atoms with Crippen LogP contribution in [-0.4, -0.2) is 46.8 Å². The maximum atomic E-state index is 8.76. The summed E-state index contributed by atoms with van der Waals surface area (Å²) in [7, 11) is 0. The fraction of sp³-hybridized carbons (Fsp3) is 0.917. The number of ether oxygens (including phenoxy) is 1. The summed E-state index contributed by atoms with van der Waals surface area (Å²) in [6.45, 7) is 6.18. The lowest BCUT2D eigenvalue weighted by molar-refractivity contribution is -0.0279. The summed E-state index contributed by atoms with van der Waals surface area (Å²) in [6.07, 6.45) is 4.59. The van der Waals surface area contributed by atoms with Crippen molar-refractivity contribution in [2.75, 3.05) is 13.1 Å². The minimum atomic E-state index is 0.0104. The Kier molecular flexibility index (Phi) is 3.58. The predicted molar refractivity (Wildman–Crippen MR) is 66.2 cm³/mol. The average molecular weight is 241 g/mol. The molecule has 2 aliphatic rings. The summed E-state index contributed by atoms with van der Waals surface area (Å²) in [5, 5.41) is 11.9. The highest BCUT2D eigenvalue weighted by atomic mass is 16.5. The Morgan fingerprint density at radius 3 is 2.88 bits per heavy atom. The first-order valence-corrected chi connectivity index (χ1v) is 6.41. The SMILES string of the molecule is CC1(C)CCC(CN2CCCC2C(N)=NO)O1. The number of hydrogen-bond acceptors (Lipinski definition) is 4. The van der Waals surface area contributed by atoms with Gasteiger partial charge in [0.2, 0.25) is 0 Å². The smallest absolute Gasteiger partial charge is 0.156 e. The van der Waals surface area contributed by atoms with E-state index in [9.17, 15) is 0 Å². The maximum absolute atomic E-state index is 8.76. The van der Waals surface area contributed by atoms with Crippen LogP contribution in [0.2, 0.25) is 0 Å². The Labute approximate surface area is 103 Å². The van der Waals surface area contributed by atoms with Crippen LogP contribution in [0.5, 0.6) is 0 Å². The van der Waals surface area contributed by atoms with E-state index in [4.69, 9.17) is 15.7 Å². The maximum Gasteiger partial charge on any atom is 0.156 e. The van der Waals surface area contributed by atoms with Gasteiger partial charge in [0.1, 0.15) is 0 Å². The van der Waals surface area contributed by atoms with E-state index in [-0.39, 0.29) is 17.7 Å².